The van der Waals surface area contributed by atoms with Gasteiger partial charge in [0.25, 0.3) is 11.5 Å². The first-order chi connectivity index (χ1) is 13.7. The third-order valence-corrected chi connectivity index (χ3v) is 4.13. The topological polar surface area (TPSA) is 91.7 Å². The van der Waals surface area contributed by atoms with Crippen LogP contribution in [0.3, 0.4) is 0 Å². The Morgan fingerprint density at radius 1 is 1.07 bits per heavy atom. The molecule has 0 aliphatic carbocycles. The molecule has 3 aromatic rings. The number of nitrogens with zero attached hydrogens (tertiary/aromatic N) is 2. The molecular weight excluding hydrogens is 362 g/mol. The SMILES string of the molecule is COc1cc(=O)n(-c2ccccc2)nc1C(=O)Nc1ccc2c(c1)OCCO2. The van der Waals surface area contributed by atoms with Crippen molar-refractivity contribution in [3.05, 3.63) is 70.6 Å². The summed E-state index contributed by atoms with van der Waals surface area (Å²) in [6.45, 7) is 0.933. The zero-order chi connectivity index (χ0) is 19.5. The number of nitrogens with one attached hydrogen (secondary N) is 1. The standard InChI is InChI=1S/C20H17N3O5/c1-26-17-12-18(24)23(14-5-3-2-4-6-14)22-19(17)20(25)21-13-7-8-15-16(11-13)28-10-9-27-15/h2-8,11-12H,9-10H2,1H3,(H,21,25). The van der Waals surface area contributed by atoms with E-state index in [1.807, 2.05) is 6.07 Å². The lowest BCUT2D eigenvalue weighted by molar-refractivity contribution is 0.101. The maximum Gasteiger partial charge on any atom is 0.280 e. The summed E-state index contributed by atoms with van der Waals surface area (Å²) in [7, 11) is 1.38. The molecule has 1 amide bonds. The average molecular weight is 379 g/mol. The fourth-order valence-corrected chi connectivity index (χ4v) is 2.82. The zero-order valence-electron chi connectivity index (χ0n) is 15.0. The quantitative estimate of drug-likeness (QED) is 0.748. The van der Waals surface area contributed by atoms with Gasteiger partial charge in [-0.2, -0.15) is 9.78 Å². The van der Waals surface area contributed by atoms with Gasteiger partial charge in [0.05, 0.1) is 18.9 Å². The van der Waals surface area contributed by atoms with Gasteiger partial charge in [0.15, 0.2) is 22.9 Å². The smallest absolute Gasteiger partial charge is 0.280 e. The van der Waals surface area contributed by atoms with Crippen molar-refractivity contribution in [2.75, 3.05) is 25.6 Å². The van der Waals surface area contributed by atoms with Crippen LogP contribution in [0.25, 0.3) is 5.69 Å². The number of fused-ring (bicyclic) bond motifs is 1. The van der Waals surface area contributed by atoms with Crippen molar-refractivity contribution in [1.29, 1.82) is 0 Å². The van der Waals surface area contributed by atoms with Gasteiger partial charge in [0.2, 0.25) is 0 Å². The molecule has 0 saturated heterocycles. The first-order valence-corrected chi connectivity index (χ1v) is 8.60. The van der Waals surface area contributed by atoms with Crippen LogP contribution in [-0.4, -0.2) is 36.0 Å². The van der Waals surface area contributed by atoms with Crippen molar-refractivity contribution in [2.24, 2.45) is 0 Å². The third-order valence-electron chi connectivity index (χ3n) is 4.13. The summed E-state index contributed by atoms with van der Waals surface area (Å²) < 4.78 is 17.3. The summed E-state index contributed by atoms with van der Waals surface area (Å²) in [6, 6.07) is 15.2. The number of carbonyl (C=O) groups excluding carboxylic acids is 1. The van der Waals surface area contributed by atoms with Crippen LogP contribution in [0.5, 0.6) is 17.2 Å². The molecule has 8 heteroatoms. The highest BCUT2D eigenvalue weighted by Crippen LogP contribution is 2.32. The van der Waals surface area contributed by atoms with E-state index in [9.17, 15) is 9.59 Å². The second-order valence-electron chi connectivity index (χ2n) is 5.96. The normalized spacial score (nSPS) is 12.3. The molecule has 0 spiro atoms. The minimum Gasteiger partial charge on any atom is -0.494 e. The lowest BCUT2D eigenvalue weighted by Crippen LogP contribution is -2.26. The van der Waals surface area contributed by atoms with Gasteiger partial charge in [0.1, 0.15) is 13.2 Å². The second kappa shape index (κ2) is 7.43. The maximum absolute atomic E-state index is 12.8. The van der Waals surface area contributed by atoms with Crippen molar-refractivity contribution in [3.63, 3.8) is 0 Å². The van der Waals surface area contributed by atoms with E-state index < -0.39 is 11.5 Å². The van der Waals surface area contributed by atoms with Crippen molar-refractivity contribution >= 4 is 11.6 Å². The van der Waals surface area contributed by atoms with Crippen LogP contribution in [0, 0.1) is 0 Å². The summed E-state index contributed by atoms with van der Waals surface area (Å²) in [5.41, 5.74) is 0.638. The fraction of sp³-hybridized carbons (Fsp3) is 0.150. The molecule has 142 valence electrons. The highest BCUT2D eigenvalue weighted by molar-refractivity contribution is 6.04. The molecule has 0 atom stereocenters. The molecule has 0 saturated carbocycles. The van der Waals surface area contributed by atoms with E-state index in [0.717, 1.165) is 4.68 Å². The highest BCUT2D eigenvalue weighted by atomic mass is 16.6. The van der Waals surface area contributed by atoms with Gasteiger partial charge < -0.3 is 19.5 Å². The number of hydrogen-bond donors (Lipinski definition) is 1. The van der Waals surface area contributed by atoms with Crippen LogP contribution in [0.1, 0.15) is 10.5 Å². The molecular formula is C20H17N3O5. The van der Waals surface area contributed by atoms with E-state index in [2.05, 4.69) is 10.4 Å². The fourth-order valence-electron chi connectivity index (χ4n) is 2.82. The van der Waals surface area contributed by atoms with Gasteiger partial charge in [-0.3, -0.25) is 9.59 Å². The number of methoxy groups -OCH3 is 1. The summed E-state index contributed by atoms with van der Waals surface area (Å²) in [5.74, 6) is 0.751. The van der Waals surface area contributed by atoms with Crippen LogP contribution in [-0.2, 0) is 0 Å². The van der Waals surface area contributed by atoms with Crippen LogP contribution in [0.2, 0.25) is 0 Å². The number of carbonyl (C=O) groups is 1. The maximum atomic E-state index is 12.8. The average Bonchev–Trinajstić information content (AvgIpc) is 2.74. The molecule has 28 heavy (non-hydrogen) atoms. The zero-order valence-corrected chi connectivity index (χ0v) is 15.0. The Morgan fingerprint density at radius 3 is 2.57 bits per heavy atom. The highest BCUT2D eigenvalue weighted by Gasteiger charge is 2.19. The number of amides is 1. The molecule has 0 bridgehead atoms. The van der Waals surface area contributed by atoms with Crippen molar-refractivity contribution in [1.82, 2.24) is 9.78 Å². The number of para-hydroxylation sites is 1. The number of hydrogen-bond acceptors (Lipinski definition) is 6. The van der Waals surface area contributed by atoms with Crippen LogP contribution in [0.15, 0.2) is 59.4 Å². The van der Waals surface area contributed by atoms with Crippen molar-refractivity contribution in [3.8, 4) is 22.9 Å². The van der Waals surface area contributed by atoms with E-state index >= 15 is 0 Å². The van der Waals surface area contributed by atoms with Gasteiger partial charge >= 0.3 is 0 Å². The molecule has 0 fully saturated rings. The van der Waals surface area contributed by atoms with Crippen LogP contribution >= 0.6 is 0 Å². The first kappa shape index (κ1) is 17.6. The number of anilines is 1. The molecule has 4 rings (SSSR count). The molecule has 2 heterocycles. The lowest BCUT2D eigenvalue weighted by Gasteiger charge is -2.19. The Kier molecular flexibility index (Phi) is 4.67. The molecule has 2 aromatic carbocycles. The lowest BCUT2D eigenvalue weighted by atomic mass is 10.2. The minimum absolute atomic E-state index is 0.0131. The summed E-state index contributed by atoms with van der Waals surface area (Å²) >= 11 is 0. The number of rotatable bonds is 4. The Labute approximate surface area is 160 Å². The van der Waals surface area contributed by atoms with E-state index in [1.54, 1.807) is 42.5 Å². The Balaban J connectivity index is 1.68. The van der Waals surface area contributed by atoms with Crippen molar-refractivity contribution < 1.29 is 19.0 Å². The molecule has 8 nitrogen and oxygen atoms in total. The van der Waals surface area contributed by atoms with E-state index in [1.165, 1.54) is 13.2 Å². The van der Waals surface area contributed by atoms with Gasteiger partial charge in [-0.25, -0.2) is 0 Å². The van der Waals surface area contributed by atoms with Gasteiger partial charge in [-0.05, 0) is 24.3 Å². The second-order valence-corrected chi connectivity index (χ2v) is 5.96. The Bertz CT molecular complexity index is 1080. The third kappa shape index (κ3) is 3.39. The molecule has 1 aliphatic heterocycles. The van der Waals surface area contributed by atoms with E-state index in [-0.39, 0.29) is 11.4 Å². The summed E-state index contributed by atoms with van der Waals surface area (Å²) in [4.78, 5) is 25.2. The molecule has 0 unspecified atom stereocenters. The molecule has 1 aromatic heterocycles. The van der Waals surface area contributed by atoms with Crippen molar-refractivity contribution in [2.45, 2.75) is 0 Å². The van der Waals surface area contributed by atoms with E-state index in [4.69, 9.17) is 14.2 Å². The predicted molar refractivity (Wildman–Crippen MR) is 102 cm³/mol. The van der Waals surface area contributed by atoms with E-state index in [0.29, 0.717) is 36.1 Å². The Morgan fingerprint density at radius 2 is 1.82 bits per heavy atom. The Hall–Kier alpha value is -3.81. The predicted octanol–water partition coefficient (Wildman–Crippen LogP) is 2.26. The number of ether oxygens (including phenoxy) is 3. The first-order valence-electron chi connectivity index (χ1n) is 8.60. The van der Waals surface area contributed by atoms with Crippen LogP contribution < -0.4 is 25.1 Å². The monoisotopic (exact) mass is 379 g/mol. The minimum atomic E-state index is -0.516. The largest absolute Gasteiger partial charge is 0.494 e. The van der Waals surface area contributed by atoms with Gasteiger partial charge in [0, 0.05) is 11.8 Å². The van der Waals surface area contributed by atoms with Crippen LogP contribution in [0.4, 0.5) is 5.69 Å². The van der Waals surface area contributed by atoms with Gasteiger partial charge in [-0.15, -0.1) is 0 Å². The molecule has 1 aliphatic rings. The summed E-state index contributed by atoms with van der Waals surface area (Å²) in [6.07, 6.45) is 0. The van der Waals surface area contributed by atoms with Gasteiger partial charge in [-0.1, -0.05) is 18.2 Å². The number of benzene rings is 2. The number of aromatic nitrogens is 2. The molecule has 0 radical (unpaired) electrons. The summed E-state index contributed by atoms with van der Waals surface area (Å²) in [5, 5.41) is 6.96. The molecule has 1 N–H and O–H groups in total.